The van der Waals surface area contributed by atoms with Gasteiger partial charge in [0.15, 0.2) is 5.96 Å². The summed E-state index contributed by atoms with van der Waals surface area (Å²) in [7, 11) is 3.54. The normalized spacial score (nSPS) is 12.7. The molecule has 0 bridgehead atoms. The van der Waals surface area contributed by atoms with Gasteiger partial charge in [-0.1, -0.05) is 19.1 Å². The average molecular weight is 276 g/mol. The first kappa shape index (κ1) is 16.0. The number of carbonyl (C=O) groups is 1. The van der Waals surface area contributed by atoms with Gasteiger partial charge >= 0.3 is 0 Å². The Morgan fingerprint density at radius 1 is 1.30 bits per heavy atom. The molecule has 110 valence electrons. The summed E-state index contributed by atoms with van der Waals surface area (Å²) in [5.41, 5.74) is 1.79. The van der Waals surface area contributed by atoms with Crippen molar-refractivity contribution in [3.05, 3.63) is 35.4 Å². The first-order valence-electron chi connectivity index (χ1n) is 6.88. The third kappa shape index (κ3) is 4.91. The second-order valence-electron chi connectivity index (χ2n) is 4.66. The van der Waals surface area contributed by atoms with Gasteiger partial charge in [-0.25, -0.2) is 0 Å². The summed E-state index contributed by atoms with van der Waals surface area (Å²) in [6, 6.07) is 7.78. The van der Waals surface area contributed by atoms with Crippen LogP contribution in [0, 0.1) is 0 Å². The molecule has 0 aliphatic rings. The molecule has 0 heterocycles. The summed E-state index contributed by atoms with van der Waals surface area (Å²) in [5.74, 6) is 0.716. The molecule has 0 aromatic heterocycles. The van der Waals surface area contributed by atoms with Crippen LogP contribution in [0.5, 0.6) is 0 Å². The van der Waals surface area contributed by atoms with E-state index < -0.39 is 0 Å². The zero-order valence-corrected chi connectivity index (χ0v) is 12.7. The van der Waals surface area contributed by atoms with Crippen molar-refractivity contribution in [2.45, 2.75) is 32.9 Å². The van der Waals surface area contributed by atoms with E-state index in [1.165, 1.54) is 0 Å². The highest BCUT2D eigenvalue weighted by Gasteiger charge is 2.08. The van der Waals surface area contributed by atoms with Gasteiger partial charge in [-0.2, -0.15) is 0 Å². The molecule has 1 rings (SSSR count). The number of carbonyl (C=O) groups excluding carboxylic acids is 1. The van der Waals surface area contributed by atoms with Gasteiger partial charge in [-0.3, -0.25) is 9.79 Å². The Hall–Kier alpha value is -2.04. The summed E-state index contributed by atoms with van der Waals surface area (Å²) >= 11 is 0. The summed E-state index contributed by atoms with van der Waals surface area (Å²) in [6.07, 6.45) is 0.927. The van der Waals surface area contributed by atoms with Crippen LogP contribution < -0.4 is 16.0 Å². The van der Waals surface area contributed by atoms with E-state index in [1.54, 1.807) is 7.05 Å². The van der Waals surface area contributed by atoms with E-state index in [0.29, 0.717) is 12.1 Å². The Balaban J connectivity index is 2.58. The molecule has 0 aliphatic carbocycles. The highest BCUT2D eigenvalue weighted by Crippen LogP contribution is 2.05. The smallest absolute Gasteiger partial charge is 0.251 e. The molecule has 5 heteroatoms. The van der Waals surface area contributed by atoms with Crippen LogP contribution in [-0.4, -0.2) is 32.0 Å². The fourth-order valence-electron chi connectivity index (χ4n) is 1.65. The Bertz CT molecular complexity index is 453. The first-order chi connectivity index (χ1) is 9.60. The van der Waals surface area contributed by atoms with Crippen LogP contribution in [0.15, 0.2) is 29.3 Å². The molecule has 20 heavy (non-hydrogen) atoms. The molecule has 0 radical (unpaired) electrons. The van der Waals surface area contributed by atoms with E-state index in [-0.39, 0.29) is 11.9 Å². The van der Waals surface area contributed by atoms with E-state index in [0.717, 1.165) is 17.9 Å². The number of benzene rings is 1. The Morgan fingerprint density at radius 2 is 1.95 bits per heavy atom. The summed E-state index contributed by atoms with van der Waals surface area (Å²) in [4.78, 5) is 16.0. The SMILES string of the molecule is CCC(C)NC(=O)c1ccc(CNC(=NC)NC)cc1. The van der Waals surface area contributed by atoms with E-state index in [4.69, 9.17) is 0 Å². The molecular weight excluding hydrogens is 252 g/mol. The summed E-state index contributed by atoms with van der Waals surface area (Å²) in [6.45, 7) is 4.72. The van der Waals surface area contributed by atoms with Gasteiger partial charge in [0.1, 0.15) is 0 Å². The number of hydrogen-bond acceptors (Lipinski definition) is 2. The van der Waals surface area contributed by atoms with Crippen molar-refractivity contribution in [2.75, 3.05) is 14.1 Å². The Kier molecular flexibility index (Phi) is 6.56. The van der Waals surface area contributed by atoms with Crippen molar-refractivity contribution in [3.8, 4) is 0 Å². The molecule has 0 spiro atoms. The van der Waals surface area contributed by atoms with Crippen LogP contribution in [-0.2, 0) is 6.54 Å². The molecule has 1 aromatic carbocycles. The fourth-order valence-corrected chi connectivity index (χ4v) is 1.65. The first-order valence-corrected chi connectivity index (χ1v) is 6.88. The molecule has 1 atom stereocenters. The Morgan fingerprint density at radius 3 is 2.45 bits per heavy atom. The third-order valence-corrected chi connectivity index (χ3v) is 3.13. The highest BCUT2D eigenvalue weighted by molar-refractivity contribution is 5.94. The predicted molar refractivity (Wildman–Crippen MR) is 82.9 cm³/mol. The molecule has 1 amide bonds. The number of guanidine groups is 1. The number of nitrogens with one attached hydrogen (secondary N) is 3. The van der Waals surface area contributed by atoms with Crippen molar-refractivity contribution in [1.82, 2.24) is 16.0 Å². The van der Waals surface area contributed by atoms with Gasteiger partial charge in [0.05, 0.1) is 0 Å². The van der Waals surface area contributed by atoms with Gasteiger partial charge in [0.2, 0.25) is 0 Å². The lowest BCUT2D eigenvalue weighted by atomic mass is 10.1. The summed E-state index contributed by atoms with van der Waals surface area (Å²) < 4.78 is 0. The van der Waals surface area contributed by atoms with Crippen molar-refractivity contribution >= 4 is 11.9 Å². The minimum absolute atomic E-state index is 0.0232. The lowest BCUT2D eigenvalue weighted by molar-refractivity contribution is 0.0939. The molecule has 1 aromatic rings. The van der Waals surface area contributed by atoms with Gasteiger partial charge in [0, 0.05) is 32.2 Å². The van der Waals surface area contributed by atoms with Gasteiger partial charge in [-0.05, 0) is 31.0 Å². The summed E-state index contributed by atoms with van der Waals surface area (Å²) in [5, 5.41) is 9.07. The quantitative estimate of drug-likeness (QED) is 0.564. The van der Waals surface area contributed by atoms with Crippen LogP contribution in [0.4, 0.5) is 0 Å². The van der Waals surface area contributed by atoms with E-state index >= 15 is 0 Å². The molecule has 5 nitrogen and oxygen atoms in total. The Labute approximate surface area is 120 Å². The predicted octanol–water partition coefficient (Wildman–Crippen LogP) is 1.51. The second kappa shape index (κ2) is 8.19. The maximum atomic E-state index is 11.9. The number of rotatable bonds is 5. The van der Waals surface area contributed by atoms with Crippen LogP contribution in [0.1, 0.15) is 36.2 Å². The van der Waals surface area contributed by atoms with E-state index in [2.05, 4.69) is 20.9 Å². The number of nitrogens with zero attached hydrogens (tertiary/aromatic N) is 1. The fraction of sp³-hybridized carbons (Fsp3) is 0.467. The average Bonchev–Trinajstić information content (AvgIpc) is 2.48. The lowest BCUT2D eigenvalue weighted by Crippen LogP contribution is -2.34. The standard InChI is InChI=1S/C15H24N4O/c1-5-11(2)19-14(20)13-8-6-12(7-9-13)10-18-15(16-3)17-4/h6-9,11H,5,10H2,1-4H3,(H,19,20)(H2,16,17,18). The van der Waals surface area contributed by atoms with Crippen LogP contribution in [0.2, 0.25) is 0 Å². The minimum Gasteiger partial charge on any atom is -0.359 e. The van der Waals surface area contributed by atoms with Crippen molar-refractivity contribution in [1.29, 1.82) is 0 Å². The maximum Gasteiger partial charge on any atom is 0.251 e. The van der Waals surface area contributed by atoms with E-state index in [9.17, 15) is 4.79 Å². The number of amides is 1. The minimum atomic E-state index is -0.0232. The van der Waals surface area contributed by atoms with Crippen molar-refractivity contribution < 1.29 is 4.79 Å². The monoisotopic (exact) mass is 276 g/mol. The van der Waals surface area contributed by atoms with Gasteiger partial charge < -0.3 is 16.0 Å². The zero-order valence-electron chi connectivity index (χ0n) is 12.7. The van der Waals surface area contributed by atoms with Crippen LogP contribution in [0.25, 0.3) is 0 Å². The van der Waals surface area contributed by atoms with Gasteiger partial charge in [-0.15, -0.1) is 0 Å². The van der Waals surface area contributed by atoms with Crippen LogP contribution >= 0.6 is 0 Å². The number of aliphatic imine (C=N–C) groups is 1. The molecular formula is C15H24N4O. The van der Waals surface area contributed by atoms with Gasteiger partial charge in [0.25, 0.3) is 5.91 Å². The third-order valence-electron chi connectivity index (χ3n) is 3.13. The molecule has 3 N–H and O–H groups in total. The number of hydrogen-bond donors (Lipinski definition) is 3. The van der Waals surface area contributed by atoms with Crippen molar-refractivity contribution in [3.63, 3.8) is 0 Å². The second-order valence-corrected chi connectivity index (χ2v) is 4.66. The largest absolute Gasteiger partial charge is 0.359 e. The lowest BCUT2D eigenvalue weighted by Gasteiger charge is -2.12. The molecule has 1 unspecified atom stereocenters. The molecule has 0 saturated carbocycles. The molecule has 0 fully saturated rings. The topological polar surface area (TPSA) is 65.5 Å². The molecule has 0 saturated heterocycles. The zero-order chi connectivity index (χ0) is 15.0. The highest BCUT2D eigenvalue weighted by atomic mass is 16.1. The molecule has 0 aliphatic heterocycles. The van der Waals surface area contributed by atoms with E-state index in [1.807, 2.05) is 45.2 Å². The van der Waals surface area contributed by atoms with Crippen molar-refractivity contribution in [2.24, 2.45) is 4.99 Å². The maximum absolute atomic E-state index is 11.9. The van der Waals surface area contributed by atoms with Crippen LogP contribution in [0.3, 0.4) is 0 Å².